The third kappa shape index (κ3) is 5.88. The number of hydrogen-bond acceptors (Lipinski definition) is 7. The minimum absolute atomic E-state index is 0.00760. The molecule has 0 amide bonds. The number of likely N-dealkylation sites (N-methyl/N-ethyl adjacent to an activating group) is 1. The van der Waals surface area contributed by atoms with Gasteiger partial charge in [0.1, 0.15) is 10.7 Å². The van der Waals surface area contributed by atoms with Crippen LogP contribution in [-0.2, 0) is 21.2 Å². The van der Waals surface area contributed by atoms with Crippen molar-refractivity contribution in [3.05, 3.63) is 57.2 Å². The second-order valence-corrected chi connectivity index (χ2v) is 9.12. The number of ether oxygens (including phenoxy) is 1. The van der Waals surface area contributed by atoms with Gasteiger partial charge in [0.05, 0.1) is 22.6 Å². The summed E-state index contributed by atoms with van der Waals surface area (Å²) in [5.74, 6) is 0.377. The Morgan fingerprint density at radius 3 is 2.67 bits per heavy atom. The van der Waals surface area contributed by atoms with Crippen molar-refractivity contribution in [2.24, 2.45) is 0 Å². The number of nitro groups is 1. The van der Waals surface area contributed by atoms with Crippen LogP contribution in [0.25, 0.3) is 0 Å². The van der Waals surface area contributed by atoms with E-state index in [2.05, 4.69) is 10.3 Å². The molecular formula is C19H25ClN4O5S. The fourth-order valence-electron chi connectivity index (χ4n) is 2.80. The lowest BCUT2D eigenvalue weighted by Gasteiger charge is -2.19. The number of nitrogens with zero attached hydrogens (tertiary/aromatic N) is 3. The van der Waals surface area contributed by atoms with Crippen LogP contribution in [0.1, 0.15) is 18.9 Å². The van der Waals surface area contributed by atoms with Gasteiger partial charge in [0, 0.05) is 38.5 Å². The summed E-state index contributed by atoms with van der Waals surface area (Å²) in [5.41, 5.74) is 0.425. The first-order valence-corrected chi connectivity index (χ1v) is 11.1. The van der Waals surface area contributed by atoms with Crippen molar-refractivity contribution in [2.75, 3.05) is 32.6 Å². The number of aromatic nitrogens is 1. The summed E-state index contributed by atoms with van der Waals surface area (Å²) in [5, 5.41) is 14.4. The fraction of sp³-hybridized carbons (Fsp3) is 0.421. The van der Waals surface area contributed by atoms with Gasteiger partial charge in [0.2, 0.25) is 10.0 Å². The number of sulfonamides is 1. The topological polar surface area (TPSA) is 115 Å². The Morgan fingerprint density at radius 1 is 1.37 bits per heavy atom. The van der Waals surface area contributed by atoms with Crippen molar-refractivity contribution in [3.8, 4) is 0 Å². The average Bonchev–Trinajstić information content (AvgIpc) is 2.72. The highest BCUT2D eigenvalue weighted by molar-refractivity contribution is 7.89. The molecule has 0 saturated heterocycles. The van der Waals surface area contributed by atoms with Crippen molar-refractivity contribution in [3.63, 3.8) is 0 Å². The number of methoxy groups -OCH3 is 1. The lowest BCUT2D eigenvalue weighted by atomic mass is 10.1. The number of hydrogen-bond donors (Lipinski definition) is 1. The summed E-state index contributed by atoms with van der Waals surface area (Å²) in [6.45, 7) is 2.51. The van der Waals surface area contributed by atoms with Gasteiger partial charge in [-0.2, -0.15) is 0 Å². The third-order valence-electron chi connectivity index (χ3n) is 4.61. The number of para-hydroxylation sites is 1. The van der Waals surface area contributed by atoms with Gasteiger partial charge in [-0.05, 0) is 18.9 Å². The van der Waals surface area contributed by atoms with Gasteiger partial charge in [-0.25, -0.2) is 17.7 Å². The zero-order valence-corrected chi connectivity index (χ0v) is 18.6. The predicted octanol–water partition coefficient (Wildman–Crippen LogP) is 3.34. The van der Waals surface area contributed by atoms with Gasteiger partial charge in [-0.1, -0.05) is 36.7 Å². The summed E-state index contributed by atoms with van der Waals surface area (Å²) in [6.07, 6.45) is 2.22. The van der Waals surface area contributed by atoms with E-state index < -0.39 is 14.9 Å². The maximum Gasteiger partial charge on any atom is 0.272 e. The van der Waals surface area contributed by atoms with Crippen molar-refractivity contribution < 1.29 is 18.1 Å². The van der Waals surface area contributed by atoms with E-state index in [9.17, 15) is 18.5 Å². The van der Waals surface area contributed by atoms with Crippen LogP contribution >= 0.6 is 11.6 Å². The number of nitrogens with one attached hydrogen (secondary N) is 1. The normalized spacial score (nSPS) is 12.7. The minimum Gasteiger partial charge on any atom is -0.383 e. The van der Waals surface area contributed by atoms with Gasteiger partial charge in [0.25, 0.3) is 5.69 Å². The summed E-state index contributed by atoms with van der Waals surface area (Å²) in [4.78, 5) is 14.8. The molecule has 2 aromatic rings. The molecule has 1 heterocycles. The lowest BCUT2D eigenvalue weighted by molar-refractivity contribution is -0.385. The lowest BCUT2D eigenvalue weighted by Crippen LogP contribution is -2.29. The molecule has 0 aliphatic carbocycles. The largest absolute Gasteiger partial charge is 0.383 e. The number of anilines is 1. The van der Waals surface area contributed by atoms with E-state index >= 15 is 0 Å². The first kappa shape index (κ1) is 24.0. The Hall–Kier alpha value is -2.27. The molecule has 0 spiro atoms. The Balaban J connectivity index is 2.14. The van der Waals surface area contributed by atoms with Gasteiger partial charge in [0.15, 0.2) is 0 Å². The highest BCUT2D eigenvalue weighted by Crippen LogP contribution is 2.25. The molecule has 0 saturated carbocycles. The molecule has 1 aromatic heterocycles. The van der Waals surface area contributed by atoms with Crippen LogP contribution in [0.4, 0.5) is 11.5 Å². The van der Waals surface area contributed by atoms with Gasteiger partial charge >= 0.3 is 0 Å². The van der Waals surface area contributed by atoms with Crippen molar-refractivity contribution in [1.29, 1.82) is 0 Å². The molecule has 0 aliphatic heterocycles. The van der Waals surface area contributed by atoms with E-state index in [0.717, 1.165) is 10.7 Å². The van der Waals surface area contributed by atoms with Crippen molar-refractivity contribution >= 4 is 33.1 Å². The van der Waals surface area contributed by atoms with Crippen molar-refractivity contribution in [1.82, 2.24) is 9.29 Å². The van der Waals surface area contributed by atoms with E-state index in [1.54, 1.807) is 25.3 Å². The molecular weight excluding hydrogens is 432 g/mol. The van der Waals surface area contributed by atoms with E-state index in [1.165, 1.54) is 25.4 Å². The highest BCUT2D eigenvalue weighted by atomic mass is 35.5. The van der Waals surface area contributed by atoms with Gasteiger partial charge in [-0.15, -0.1) is 0 Å². The summed E-state index contributed by atoms with van der Waals surface area (Å²) >= 11 is 6.25. The standard InChI is InChI=1S/C19H25ClN4O5S/c1-4-15(13-29-3)22-19-17(20)11-16(12-21-19)30(27,28)23(2)10-9-14-7-5-6-8-18(14)24(25)26/h5-8,11-12,15H,4,9-10,13H2,1-3H3,(H,21,22)/t15-/m1/s1. The minimum atomic E-state index is -3.86. The number of rotatable bonds is 11. The van der Waals surface area contributed by atoms with Crippen LogP contribution in [0.3, 0.4) is 0 Å². The monoisotopic (exact) mass is 456 g/mol. The smallest absolute Gasteiger partial charge is 0.272 e. The molecule has 1 N–H and O–H groups in total. The van der Waals surface area contributed by atoms with Crippen LogP contribution in [0.2, 0.25) is 5.02 Å². The second-order valence-electron chi connectivity index (χ2n) is 6.67. The van der Waals surface area contributed by atoms with E-state index in [-0.39, 0.29) is 34.6 Å². The molecule has 0 unspecified atom stereocenters. The van der Waals surface area contributed by atoms with Crippen LogP contribution < -0.4 is 5.32 Å². The SMILES string of the molecule is CC[C@H](COC)Nc1ncc(S(=O)(=O)N(C)CCc2ccccc2[N+](=O)[O-])cc1Cl. The van der Waals surface area contributed by atoms with Crippen LogP contribution in [0.5, 0.6) is 0 Å². The molecule has 30 heavy (non-hydrogen) atoms. The summed E-state index contributed by atoms with van der Waals surface area (Å²) < 4.78 is 32.0. The molecule has 0 fully saturated rings. The van der Waals surface area contributed by atoms with E-state index in [0.29, 0.717) is 18.0 Å². The molecule has 2 rings (SSSR count). The maximum atomic E-state index is 12.9. The molecule has 164 valence electrons. The molecule has 1 atom stereocenters. The fourth-order valence-corrected chi connectivity index (χ4v) is 4.23. The maximum absolute atomic E-state index is 12.9. The number of nitro benzene ring substituents is 1. The molecule has 0 radical (unpaired) electrons. The quantitative estimate of drug-likeness (QED) is 0.407. The van der Waals surface area contributed by atoms with Crippen molar-refractivity contribution in [2.45, 2.75) is 30.7 Å². The average molecular weight is 457 g/mol. The first-order chi connectivity index (χ1) is 14.2. The number of benzene rings is 1. The van der Waals surface area contributed by atoms with Gasteiger partial charge in [-0.3, -0.25) is 10.1 Å². The Labute approximate surface area is 181 Å². The molecule has 11 heteroatoms. The zero-order valence-electron chi connectivity index (χ0n) is 17.0. The highest BCUT2D eigenvalue weighted by Gasteiger charge is 2.24. The van der Waals surface area contributed by atoms with Gasteiger partial charge < -0.3 is 10.1 Å². The third-order valence-corrected chi connectivity index (χ3v) is 6.72. The van der Waals surface area contributed by atoms with E-state index in [1.807, 2.05) is 6.92 Å². The summed E-state index contributed by atoms with van der Waals surface area (Å²) in [7, 11) is -0.857. The molecule has 0 aliphatic rings. The Bertz CT molecular complexity index is 987. The first-order valence-electron chi connectivity index (χ1n) is 9.30. The zero-order chi connectivity index (χ0) is 22.3. The summed E-state index contributed by atoms with van der Waals surface area (Å²) in [6, 6.07) is 7.59. The second kappa shape index (κ2) is 10.7. The number of halogens is 1. The Kier molecular flexibility index (Phi) is 8.54. The van der Waals surface area contributed by atoms with Crippen LogP contribution in [0.15, 0.2) is 41.4 Å². The number of pyridine rings is 1. The molecule has 0 bridgehead atoms. The van der Waals surface area contributed by atoms with Crippen LogP contribution in [-0.4, -0.2) is 56.0 Å². The Morgan fingerprint density at radius 2 is 2.07 bits per heavy atom. The van der Waals surface area contributed by atoms with Crippen LogP contribution in [0, 0.1) is 10.1 Å². The predicted molar refractivity (Wildman–Crippen MR) is 115 cm³/mol. The molecule has 1 aromatic carbocycles. The molecule has 9 nitrogen and oxygen atoms in total. The van der Waals surface area contributed by atoms with E-state index in [4.69, 9.17) is 16.3 Å².